The number of ether oxygens (including phenoxy) is 1. The van der Waals surface area contributed by atoms with Crippen molar-refractivity contribution in [1.82, 2.24) is 30.4 Å². The Morgan fingerprint density at radius 2 is 1.98 bits per heavy atom. The summed E-state index contributed by atoms with van der Waals surface area (Å²) >= 11 is 0. The fourth-order valence-corrected chi connectivity index (χ4v) is 4.79. The molecule has 3 heterocycles. The third-order valence-corrected chi connectivity index (χ3v) is 6.88. The summed E-state index contributed by atoms with van der Waals surface area (Å²) in [7, 11) is 0. The molecule has 4 N–H and O–H groups in total. The van der Waals surface area contributed by atoms with Crippen LogP contribution in [0.15, 0.2) is 48.8 Å². The van der Waals surface area contributed by atoms with Gasteiger partial charge in [0.2, 0.25) is 11.9 Å². The molecule has 0 saturated carbocycles. The number of nitrogens with one attached hydrogen (secondary N) is 3. The molecule has 1 aliphatic heterocycles. The Kier molecular flexibility index (Phi) is 10.5. The molecule has 0 bridgehead atoms. The zero-order chi connectivity index (χ0) is 31.9. The van der Waals surface area contributed by atoms with Crippen LogP contribution < -0.4 is 16.1 Å². The molecule has 1 aliphatic rings. The Labute approximate surface area is 253 Å². The monoisotopic (exact) mass is 613 g/mol. The molecule has 236 valence electrons. The molecule has 44 heavy (non-hydrogen) atoms. The van der Waals surface area contributed by atoms with Gasteiger partial charge in [0.1, 0.15) is 17.5 Å². The minimum atomic E-state index is -1.17. The number of carbonyl (C=O) groups is 3. The lowest BCUT2D eigenvalue weighted by Gasteiger charge is -2.29. The molecule has 14 heteroatoms. The van der Waals surface area contributed by atoms with Crippen LogP contribution in [0.1, 0.15) is 49.5 Å². The van der Waals surface area contributed by atoms with E-state index in [4.69, 9.17) is 4.74 Å². The molecule has 1 fully saturated rings. The van der Waals surface area contributed by atoms with Crippen LogP contribution in [0.5, 0.6) is 0 Å². The summed E-state index contributed by atoms with van der Waals surface area (Å²) in [5, 5.41) is 18.7. The highest BCUT2D eigenvalue weighted by Gasteiger charge is 2.34. The van der Waals surface area contributed by atoms with Gasteiger partial charge in [0.25, 0.3) is 5.91 Å². The Balaban J connectivity index is 1.29. The number of hydrogen-bond acceptors (Lipinski definition) is 8. The number of halogens is 2. The Morgan fingerprint density at radius 1 is 1.18 bits per heavy atom. The van der Waals surface area contributed by atoms with Crippen molar-refractivity contribution in [3.8, 4) is 11.3 Å². The standard InChI is InChI=1S/C30H37F2N7O5/c1-30(2,3)44-29(43)36-25(18-40)28(42)38-13-5-8-22(38)16-34-27(41)20-9-10-24(33-15-20)23-17-39(37-26(23)32)35-12-11-19-6-4-7-21(31)14-19/h4,6-7,9-10,14-15,17,22,25,35,40H,5,8,11-13,16,18H2,1-3H3,(H,34,41)(H,36,43)/t22-,25+/m1/s1. The summed E-state index contributed by atoms with van der Waals surface area (Å²) < 4.78 is 33.1. The number of rotatable bonds is 11. The van der Waals surface area contributed by atoms with Crippen molar-refractivity contribution < 1.29 is 33.0 Å². The van der Waals surface area contributed by atoms with Gasteiger partial charge in [-0.3, -0.25) is 14.6 Å². The second-order valence-corrected chi connectivity index (χ2v) is 11.4. The Hall–Kier alpha value is -4.59. The quantitative estimate of drug-likeness (QED) is 0.258. The minimum absolute atomic E-state index is 0.133. The van der Waals surface area contributed by atoms with Crippen LogP contribution in [-0.4, -0.2) is 86.7 Å². The third-order valence-electron chi connectivity index (χ3n) is 6.88. The van der Waals surface area contributed by atoms with Gasteiger partial charge in [-0.25, -0.2) is 9.18 Å². The smallest absolute Gasteiger partial charge is 0.408 e. The van der Waals surface area contributed by atoms with Gasteiger partial charge in [-0.05, 0) is 69.9 Å². The highest BCUT2D eigenvalue weighted by molar-refractivity contribution is 5.94. The number of pyridine rings is 1. The van der Waals surface area contributed by atoms with Crippen LogP contribution in [0.25, 0.3) is 11.3 Å². The van der Waals surface area contributed by atoms with E-state index in [-0.39, 0.29) is 35.2 Å². The normalized spacial score (nSPS) is 15.5. The second kappa shape index (κ2) is 14.3. The van der Waals surface area contributed by atoms with E-state index >= 15 is 0 Å². The van der Waals surface area contributed by atoms with Crippen LogP contribution in [0.4, 0.5) is 13.6 Å². The predicted molar refractivity (Wildman–Crippen MR) is 157 cm³/mol. The second-order valence-electron chi connectivity index (χ2n) is 11.4. The SMILES string of the molecule is CC(C)(C)OC(=O)N[C@@H](CO)C(=O)N1CCC[C@@H]1CNC(=O)c1ccc(-c2cn(NCCc3cccc(F)c3)nc2F)nc1. The maximum atomic E-state index is 14.6. The predicted octanol–water partition coefficient (Wildman–Crippen LogP) is 2.62. The van der Waals surface area contributed by atoms with Crippen molar-refractivity contribution in [2.45, 2.75) is 57.7 Å². The molecule has 0 aliphatic carbocycles. The zero-order valence-electron chi connectivity index (χ0n) is 24.8. The van der Waals surface area contributed by atoms with Crippen LogP contribution in [0.2, 0.25) is 0 Å². The lowest BCUT2D eigenvalue weighted by Crippen LogP contribution is -2.54. The molecular weight excluding hydrogens is 576 g/mol. The van der Waals surface area contributed by atoms with Crippen LogP contribution >= 0.6 is 0 Å². The molecular formula is C30H37F2N7O5. The van der Waals surface area contributed by atoms with E-state index in [1.807, 2.05) is 0 Å². The van der Waals surface area contributed by atoms with Gasteiger partial charge in [0.15, 0.2) is 0 Å². The van der Waals surface area contributed by atoms with E-state index in [2.05, 4.69) is 26.1 Å². The summed E-state index contributed by atoms with van der Waals surface area (Å²) in [5.41, 5.74) is 3.61. The van der Waals surface area contributed by atoms with Gasteiger partial charge in [-0.15, -0.1) is 5.10 Å². The summed E-state index contributed by atoms with van der Waals surface area (Å²) in [5.74, 6) is -1.97. The van der Waals surface area contributed by atoms with Gasteiger partial charge in [-0.2, -0.15) is 9.18 Å². The molecule has 4 rings (SSSR count). The van der Waals surface area contributed by atoms with Crippen LogP contribution in [-0.2, 0) is 16.0 Å². The van der Waals surface area contributed by atoms with E-state index in [9.17, 15) is 28.3 Å². The van der Waals surface area contributed by atoms with Gasteiger partial charge in [0.05, 0.1) is 29.6 Å². The first-order valence-electron chi connectivity index (χ1n) is 14.3. The first kappa shape index (κ1) is 32.3. The average Bonchev–Trinajstić information content (AvgIpc) is 3.59. The number of benzene rings is 1. The molecule has 2 aromatic heterocycles. The number of aliphatic hydroxyl groups is 1. The highest BCUT2D eigenvalue weighted by atomic mass is 19.1. The number of aromatic nitrogens is 3. The molecule has 1 saturated heterocycles. The van der Waals surface area contributed by atoms with E-state index in [1.54, 1.807) is 32.9 Å². The molecule has 12 nitrogen and oxygen atoms in total. The van der Waals surface area contributed by atoms with Gasteiger partial charge < -0.3 is 30.8 Å². The van der Waals surface area contributed by atoms with E-state index in [0.717, 1.165) is 5.56 Å². The number of likely N-dealkylation sites (tertiary alicyclic amines) is 1. The maximum Gasteiger partial charge on any atom is 0.408 e. The van der Waals surface area contributed by atoms with Crippen LogP contribution in [0.3, 0.4) is 0 Å². The number of nitrogens with zero attached hydrogens (tertiary/aromatic N) is 4. The van der Waals surface area contributed by atoms with Gasteiger partial charge >= 0.3 is 6.09 Å². The largest absolute Gasteiger partial charge is 0.444 e. The van der Waals surface area contributed by atoms with Crippen molar-refractivity contribution in [2.24, 2.45) is 0 Å². The summed E-state index contributed by atoms with van der Waals surface area (Å²) in [6.07, 6.45) is 3.79. The van der Waals surface area contributed by atoms with Crippen molar-refractivity contribution >= 4 is 17.9 Å². The number of aliphatic hydroxyl groups excluding tert-OH is 1. The molecule has 0 unspecified atom stereocenters. The fraction of sp³-hybridized carbons (Fsp3) is 0.433. The lowest BCUT2D eigenvalue weighted by molar-refractivity contribution is -0.135. The molecule has 3 aromatic rings. The van der Waals surface area contributed by atoms with Crippen molar-refractivity contribution in [2.75, 3.05) is 31.7 Å². The van der Waals surface area contributed by atoms with Crippen molar-refractivity contribution in [3.05, 3.63) is 71.7 Å². The Bertz CT molecular complexity index is 1460. The lowest BCUT2D eigenvalue weighted by atomic mass is 10.1. The topological polar surface area (TPSA) is 151 Å². The fourth-order valence-electron chi connectivity index (χ4n) is 4.79. The average molecular weight is 614 g/mol. The Morgan fingerprint density at radius 3 is 2.66 bits per heavy atom. The maximum absolute atomic E-state index is 14.6. The number of carbonyl (C=O) groups excluding carboxylic acids is 3. The van der Waals surface area contributed by atoms with Crippen molar-refractivity contribution in [1.29, 1.82) is 0 Å². The summed E-state index contributed by atoms with van der Waals surface area (Å²) in [6.45, 7) is 5.43. The number of alkyl carbamates (subject to hydrolysis) is 1. The van der Waals surface area contributed by atoms with Gasteiger partial charge in [0, 0.05) is 31.9 Å². The highest BCUT2D eigenvalue weighted by Crippen LogP contribution is 2.21. The first-order chi connectivity index (χ1) is 20.9. The molecule has 0 radical (unpaired) electrons. The zero-order valence-corrected chi connectivity index (χ0v) is 24.8. The van der Waals surface area contributed by atoms with Crippen LogP contribution in [0, 0.1) is 11.8 Å². The molecule has 2 atom stereocenters. The van der Waals surface area contributed by atoms with E-state index in [1.165, 1.54) is 46.3 Å². The molecule has 3 amide bonds. The third kappa shape index (κ3) is 8.72. The summed E-state index contributed by atoms with van der Waals surface area (Å²) in [4.78, 5) is 45.0. The number of amides is 3. The minimum Gasteiger partial charge on any atom is -0.444 e. The first-order valence-corrected chi connectivity index (χ1v) is 14.3. The summed E-state index contributed by atoms with van der Waals surface area (Å²) in [6, 6.07) is 7.72. The van der Waals surface area contributed by atoms with E-state index < -0.39 is 42.1 Å². The molecule has 0 spiro atoms. The van der Waals surface area contributed by atoms with Crippen molar-refractivity contribution in [3.63, 3.8) is 0 Å². The molecule has 1 aromatic carbocycles. The van der Waals surface area contributed by atoms with Gasteiger partial charge in [-0.1, -0.05) is 12.1 Å². The number of hydrogen-bond donors (Lipinski definition) is 4. The van der Waals surface area contributed by atoms with E-state index in [0.29, 0.717) is 32.4 Å².